The summed E-state index contributed by atoms with van der Waals surface area (Å²) in [7, 11) is 0. The lowest BCUT2D eigenvalue weighted by Gasteiger charge is -2.64. The molecule has 4 aliphatic carbocycles. The minimum Gasteiger partial charge on any atom is -0.432 e. The Bertz CT molecular complexity index is 1720. The first-order chi connectivity index (χ1) is 31.5. The topological polar surface area (TPSA) is 354 Å². The first-order valence-electron chi connectivity index (χ1n) is 23.9. The Morgan fingerprint density at radius 2 is 1.10 bits per heavy atom. The molecule has 0 unspecified atom stereocenters. The van der Waals surface area contributed by atoms with E-state index >= 15 is 0 Å². The summed E-state index contributed by atoms with van der Waals surface area (Å²) in [6.07, 6.45) is -24.2. The smallest absolute Gasteiger partial charge is 0.314 e. The van der Waals surface area contributed by atoms with Crippen LogP contribution in [0.4, 0.5) is 0 Å². The summed E-state index contributed by atoms with van der Waals surface area (Å²) in [6, 6.07) is 0. The van der Waals surface area contributed by atoms with Gasteiger partial charge in [-0.25, -0.2) is 0 Å². The van der Waals surface area contributed by atoms with Crippen LogP contribution in [0.25, 0.3) is 0 Å². The molecule has 4 saturated heterocycles. The van der Waals surface area contributed by atoms with Crippen molar-refractivity contribution in [2.45, 2.75) is 214 Å². The molecule has 22 heteroatoms. The molecule has 0 amide bonds. The van der Waals surface area contributed by atoms with Crippen LogP contribution in [0.5, 0.6) is 0 Å². The van der Waals surface area contributed by atoms with Crippen molar-refractivity contribution >= 4 is 5.97 Å². The Kier molecular flexibility index (Phi) is 15.0. The molecule has 1 spiro atoms. The second-order valence-electron chi connectivity index (χ2n) is 22.0. The zero-order valence-corrected chi connectivity index (χ0v) is 38.5. The highest BCUT2D eigenvalue weighted by Crippen LogP contribution is 2.76. The Labute approximate surface area is 388 Å². The van der Waals surface area contributed by atoms with Gasteiger partial charge in [0.05, 0.1) is 43.5 Å². The molecule has 8 rings (SSSR count). The van der Waals surface area contributed by atoms with Gasteiger partial charge in [-0.2, -0.15) is 0 Å². The van der Waals surface area contributed by atoms with Gasteiger partial charge >= 0.3 is 5.97 Å². The summed E-state index contributed by atoms with van der Waals surface area (Å²) in [6.45, 7) is 5.46. The van der Waals surface area contributed by atoms with Gasteiger partial charge in [0.15, 0.2) is 18.9 Å². The maximum Gasteiger partial charge on any atom is 0.314 e. The molecule has 4 heterocycles. The Morgan fingerprint density at radius 3 is 1.73 bits per heavy atom. The number of hydrogen-bond acceptors (Lipinski definition) is 22. The predicted molar refractivity (Wildman–Crippen MR) is 222 cm³/mol. The maximum atomic E-state index is 14.3. The van der Waals surface area contributed by atoms with Crippen LogP contribution in [0.3, 0.4) is 0 Å². The number of fused-ring (bicyclic) bond motifs is 3. The van der Waals surface area contributed by atoms with Crippen LogP contribution in [-0.2, 0) is 42.7 Å². The predicted octanol–water partition coefficient (Wildman–Crippen LogP) is -3.61. The number of hydrogen-bond donors (Lipinski definition) is 13. The van der Waals surface area contributed by atoms with Crippen LogP contribution >= 0.6 is 0 Å². The standard InChI is InChI=1S/C45H74O22/c1-41(2)17-44-10-6-24-42(3,8-5-9-43(24,4)40(59)66-38-34(58)32(56)29(53)22(15-48)62-38)25(44)7-11-45(41,18-44)67-39-36(65-37-33(57)31(55)28(52)21(14-47)61-37)35(30(54)23(16-49)63-39)64-26-12-19(50)27(51)20(13-46)60-26/h19-39,46-58H,5-18H2,1-4H3/t19-,20-,21-,22-,23-,24+,25+,26+,27+,28-,29-,30-,31+,32+,33-,34-,35+,36-,37+,38+,39+,42-,43-,44-,45+/m1/s1. The van der Waals surface area contributed by atoms with E-state index in [1.54, 1.807) is 0 Å². The molecule has 22 nitrogen and oxygen atoms in total. The third-order valence-corrected chi connectivity index (χ3v) is 17.8. The molecule has 4 saturated carbocycles. The van der Waals surface area contributed by atoms with Crippen molar-refractivity contribution in [1.82, 2.24) is 0 Å². The quantitative estimate of drug-likeness (QED) is 0.0663. The average molecular weight is 967 g/mol. The Balaban J connectivity index is 1.07. The Hall–Kier alpha value is -1.33. The van der Waals surface area contributed by atoms with Crippen LogP contribution in [-0.4, -0.2) is 221 Å². The molecule has 0 radical (unpaired) electrons. The lowest BCUT2D eigenvalue weighted by atomic mass is 9.41. The summed E-state index contributed by atoms with van der Waals surface area (Å²) in [5.74, 6) is -0.663. The number of rotatable bonds is 12. The van der Waals surface area contributed by atoms with Crippen molar-refractivity contribution in [2.75, 3.05) is 26.4 Å². The van der Waals surface area contributed by atoms with Gasteiger partial charge in [-0.05, 0) is 86.4 Å². The molecule has 67 heavy (non-hydrogen) atoms. The van der Waals surface area contributed by atoms with Crippen LogP contribution < -0.4 is 0 Å². The summed E-state index contributed by atoms with van der Waals surface area (Å²) in [4.78, 5) is 14.3. The number of ether oxygens (including phenoxy) is 8. The molecule has 0 aromatic heterocycles. The molecule has 0 aromatic carbocycles. The van der Waals surface area contributed by atoms with Crippen molar-refractivity contribution in [1.29, 1.82) is 0 Å². The molecule has 8 fully saturated rings. The summed E-state index contributed by atoms with van der Waals surface area (Å²) in [5.41, 5.74) is -3.22. The van der Waals surface area contributed by atoms with Gasteiger partial charge in [0, 0.05) is 6.42 Å². The van der Waals surface area contributed by atoms with E-state index in [9.17, 15) is 71.2 Å². The van der Waals surface area contributed by atoms with Crippen molar-refractivity contribution in [3.8, 4) is 0 Å². The van der Waals surface area contributed by atoms with E-state index in [0.717, 1.165) is 6.42 Å². The highest BCUT2D eigenvalue weighted by atomic mass is 16.8. The number of carbonyl (C=O) groups is 1. The van der Waals surface area contributed by atoms with Gasteiger partial charge in [-0.15, -0.1) is 0 Å². The Morgan fingerprint density at radius 1 is 0.552 bits per heavy atom. The van der Waals surface area contributed by atoms with Crippen LogP contribution in [0.1, 0.15) is 91.9 Å². The van der Waals surface area contributed by atoms with Gasteiger partial charge < -0.3 is 104 Å². The number of aliphatic hydroxyl groups excluding tert-OH is 13. The van der Waals surface area contributed by atoms with E-state index in [2.05, 4.69) is 20.8 Å². The van der Waals surface area contributed by atoms with E-state index in [1.165, 1.54) is 0 Å². The largest absolute Gasteiger partial charge is 0.432 e. The fourth-order valence-corrected chi connectivity index (χ4v) is 14.3. The van der Waals surface area contributed by atoms with Gasteiger partial charge in [0.1, 0.15) is 85.5 Å². The van der Waals surface area contributed by atoms with E-state index in [-0.39, 0.29) is 29.1 Å². The minimum atomic E-state index is -1.89. The monoisotopic (exact) mass is 966 g/mol. The first kappa shape index (κ1) is 52.0. The molecule has 8 aliphatic rings. The first-order valence-corrected chi connectivity index (χ1v) is 23.9. The van der Waals surface area contributed by atoms with E-state index in [4.69, 9.17) is 37.9 Å². The fraction of sp³-hybridized carbons (Fsp3) is 0.978. The van der Waals surface area contributed by atoms with Gasteiger partial charge in [-0.1, -0.05) is 27.2 Å². The number of carbonyl (C=O) groups excluding carboxylic acids is 1. The normalized spacial score (nSPS) is 54.2. The van der Waals surface area contributed by atoms with E-state index in [1.807, 2.05) is 6.92 Å². The fourth-order valence-electron chi connectivity index (χ4n) is 14.3. The van der Waals surface area contributed by atoms with Crippen LogP contribution in [0.2, 0.25) is 0 Å². The lowest BCUT2D eigenvalue weighted by Crippen LogP contribution is -2.67. The highest BCUT2D eigenvalue weighted by Gasteiger charge is 2.72. The van der Waals surface area contributed by atoms with Gasteiger partial charge in [0.2, 0.25) is 6.29 Å². The second kappa shape index (κ2) is 19.3. The van der Waals surface area contributed by atoms with E-state index < -0.39 is 166 Å². The third-order valence-electron chi connectivity index (χ3n) is 17.8. The zero-order valence-electron chi connectivity index (χ0n) is 38.5. The van der Waals surface area contributed by atoms with E-state index in [0.29, 0.717) is 51.4 Å². The van der Waals surface area contributed by atoms with Gasteiger partial charge in [-0.3, -0.25) is 4.79 Å². The number of aliphatic hydroxyl groups is 13. The molecule has 386 valence electrons. The SMILES string of the molecule is CC1(C)C[C@@]23CC[C@H]4[C@@](C)(CCC[C@@]4(C)C(=O)O[C@@H]4O[C@H](CO)[C@@H](O)[C@H](O)[C@H]4O)[C@@H]2CC[C@]1(O[C@@H]1O[C@H](CO)[C@@H](O)[C@H](O[C@H]2C[C@@H](O)[C@H](O)[C@@H](CO)O2)[C@H]1O[C@@H]1O[C@H](CO)[C@@H](O)[C@H](O)[C@H]1O)C3. The summed E-state index contributed by atoms with van der Waals surface area (Å²) in [5, 5.41) is 137. The van der Waals surface area contributed by atoms with Crippen LogP contribution in [0, 0.1) is 33.5 Å². The lowest BCUT2D eigenvalue weighted by molar-refractivity contribution is -0.399. The van der Waals surface area contributed by atoms with Crippen molar-refractivity contribution < 1.29 is 109 Å². The molecular weight excluding hydrogens is 892 g/mol. The zero-order chi connectivity index (χ0) is 48.8. The average Bonchev–Trinajstić information content (AvgIpc) is 3.45. The summed E-state index contributed by atoms with van der Waals surface area (Å²) < 4.78 is 49.2. The van der Waals surface area contributed by atoms with Gasteiger partial charge in [0.25, 0.3) is 0 Å². The third kappa shape index (κ3) is 8.72. The highest BCUT2D eigenvalue weighted by molar-refractivity contribution is 5.77. The molecule has 25 atom stereocenters. The van der Waals surface area contributed by atoms with Crippen molar-refractivity contribution in [2.24, 2.45) is 33.5 Å². The van der Waals surface area contributed by atoms with Crippen molar-refractivity contribution in [3.63, 3.8) is 0 Å². The van der Waals surface area contributed by atoms with Crippen LogP contribution in [0.15, 0.2) is 0 Å². The minimum absolute atomic E-state index is 0.0955. The number of esters is 1. The summed E-state index contributed by atoms with van der Waals surface area (Å²) >= 11 is 0. The molecule has 0 aromatic rings. The molecular formula is C45H74O22. The van der Waals surface area contributed by atoms with Crippen molar-refractivity contribution in [3.05, 3.63) is 0 Å². The maximum absolute atomic E-state index is 14.3. The second-order valence-corrected chi connectivity index (χ2v) is 22.0. The molecule has 4 aliphatic heterocycles. The molecule has 13 N–H and O–H groups in total. The molecule has 2 bridgehead atoms.